The molecule has 7 heavy (non-hydrogen) atoms. The van der Waals surface area contributed by atoms with E-state index >= 15 is 0 Å². The van der Waals surface area contributed by atoms with Crippen LogP contribution in [0.1, 0.15) is 12.8 Å². The molecule has 1 aliphatic rings. The van der Waals surface area contributed by atoms with Crippen LogP contribution in [0.3, 0.4) is 0 Å². The second-order valence-electron chi connectivity index (χ2n) is 1.98. The first-order valence-electron chi connectivity index (χ1n) is 2.80. The molecule has 0 aromatic rings. The Hall–Kier alpha value is 0.759. The molecule has 0 atom stereocenters. The summed E-state index contributed by atoms with van der Waals surface area (Å²) in [6.45, 7) is 2.73. The van der Waals surface area contributed by atoms with Crippen molar-refractivity contribution >= 4 is 22.5 Å². The van der Waals surface area contributed by atoms with Gasteiger partial charge in [-0.05, 0) is 0 Å². The van der Waals surface area contributed by atoms with Crippen LogP contribution >= 0.6 is 0 Å². The summed E-state index contributed by atoms with van der Waals surface area (Å²) in [4.78, 5) is 2.53. The van der Waals surface area contributed by atoms with Crippen LogP contribution in [-0.2, 0) is 0 Å². The molecule has 0 amide bonds. The van der Waals surface area contributed by atoms with Gasteiger partial charge >= 0.3 is 57.9 Å². The van der Waals surface area contributed by atoms with E-state index < -0.39 is 0 Å². The third-order valence-corrected chi connectivity index (χ3v) is 2.70. The first-order valence-corrected chi connectivity index (χ1v) is 4.82. The van der Waals surface area contributed by atoms with Crippen molar-refractivity contribution in [2.45, 2.75) is 12.8 Å². The Morgan fingerprint density at radius 1 is 1.29 bits per heavy atom. The molecule has 1 rings (SSSR count). The van der Waals surface area contributed by atoms with Crippen LogP contribution in [0.5, 0.6) is 0 Å². The molecule has 2 heteroatoms. The second-order valence-corrected chi connectivity index (χ2v) is 2.89. The van der Waals surface area contributed by atoms with Crippen LogP contribution in [0.25, 0.3) is 0 Å². The number of hydrogen-bond donors (Lipinski definition) is 0. The fourth-order valence-corrected chi connectivity index (χ4v) is 1.84. The van der Waals surface area contributed by atoms with Gasteiger partial charge in [-0.25, -0.2) is 0 Å². The monoisotopic (exact) mass is 204 g/mol. The third kappa shape index (κ3) is 1.61. The molecule has 1 nitrogen and oxygen atoms in total. The molecular formula is C5H10NSn. The molecule has 39 valence electrons. The molecule has 0 aliphatic carbocycles. The zero-order valence-corrected chi connectivity index (χ0v) is 7.34. The molecule has 3 radical (unpaired) electrons. The molecule has 1 saturated heterocycles. The summed E-state index contributed by atoms with van der Waals surface area (Å²) in [7, 11) is 0. The van der Waals surface area contributed by atoms with Crippen LogP contribution in [-0.4, -0.2) is 45.1 Å². The fourth-order valence-electron chi connectivity index (χ4n) is 0.941. The van der Waals surface area contributed by atoms with Crippen LogP contribution in [0.15, 0.2) is 0 Å². The molecule has 0 spiro atoms. The van der Waals surface area contributed by atoms with E-state index in [1.807, 2.05) is 0 Å². The van der Waals surface area contributed by atoms with Gasteiger partial charge in [0.05, 0.1) is 0 Å². The minimum atomic E-state index is 1.34. The molecule has 0 N–H and O–H groups in total. The maximum atomic E-state index is 2.53. The van der Waals surface area contributed by atoms with E-state index in [2.05, 4.69) is 4.90 Å². The average Bonchev–Trinajstić information content (AvgIpc) is 2.14. The van der Waals surface area contributed by atoms with Gasteiger partial charge in [0.15, 0.2) is 0 Å². The number of nitrogens with zero attached hydrogens (tertiary/aromatic N) is 1. The molecule has 0 aromatic carbocycles. The molecule has 0 aromatic heterocycles. The van der Waals surface area contributed by atoms with Crippen molar-refractivity contribution in [1.82, 2.24) is 4.90 Å². The van der Waals surface area contributed by atoms with Crippen molar-refractivity contribution in [2.75, 3.05) is 17.7 Å². The zero-order valence-electron chi connectivity index (χ0n) is 4.48. The molecule has 0 saturated carbocycles. The molecular weight excluding hydrogens is 193 g/mol. The van der Waals surface area contributed by atoms with E-state index in [4.69, 9.17) is 0 Å². The summed E-state index contributed by atoms with van der Waals surface area (Å²) in [6, 6.07) is 0. The molecule has 1 heterocycles. The van der Waals surface area contributed by atoms with Crippen molar-refractivity contribution < 1.29 is 0 Å². The fraction of sp³-hybridized carbons (Fsp3) is 1.00. The summed E-state index contributed by atoms with van der Waals surface area (Å²) in [6.07, 6.45) is 2.88. The summed E-state index contributed by atoms with van der Waals surface area (Å²) in [5, 5.41) is 0. The molecule has 1 aliphatic heterocycles. The maximum absolute atomic E-state index is 2.53. The first-order chi connectivity index (χ1) is 3.43. The Labute approximate surface area is 58.2 Å². The van der Waals surface area contributed by atoms with Crippen LogP contribution in [0, 0.1) is 0 Å². The standard InChI is InChI=1S/C5H10N.Sn/c1-6-4-2-3-5-6;/h1-5H2;. The van der Waals surface area contributed by atoms with Crippen molar-refractivity contribution in [3.05, 3.63) is 0 Å². The van der Waals surface area contributed by atoms with E-state index in [1.165, 1.54) is 30.5 Å². The molecule has 0 unspecified atom stereocenters. The van der Waals surface area contributed by atoms with Gasteiger partial charge in [0, 0.05) is 0 Å². The van der Waals surface area contributed by atoms with Gasteiger partial charge in [0.1, 0.15) is 0 Å². The van der Waals surface area contributed by atoms with Crippen molar-refractivity contribution in [1.29, 1.82) is 0 Å². The normalized spacial score (nSPS) is 23.6. The Kier molecular flexibility index (Phi) is 2.46. The van der Waals surface area contributed by atoms with Crippen molar-refractivity contribution in [3.63, 3.8) is 0 Å². The van der Waals surface area contributed by atoms with Crippen molar-refractivity contribution in [2.24, 2.45) is 0 Å². The Morgan fingerprint density at radius 2 is 1.86 bits per heavy atom. The quantitative estimate of drug-likeness (QED) is 0.550. The predicted molar refractivity (Wildman–Crippen MR) is 31.4 cm³/mol. The summed E-state index contributed by atoms with van der Waals surface area (Å²) in [5.41, 5.74) is 0. The Bertz CT molecular complexity index is 50.0. The summed E-state index contributed by atoms with van der Waals surface area (Å²) < 4.78 is 1.34. The van der Waals surface area contributed by atoms with E-state index in [0.29, 0.717) is 0 Å². The predicted octanol–water partition coefficient (Wildman–Crippen LogP) is 0.208. The van der Waals surface area contributed by atoms with E-state index in [9.17, 15) is 0 Å². The van der Waals surface area contributed by atoms with Crippen LogP contribution in [0.2, 0.25) is 0 Å². The zero-order chi connectivity index (χ0) is 5.11. The van der Waals surface area contributed by atoms with Gasteiger partial charge in [-0.2, -0.15) is 0 Å². The van der Waals surface area contributed by atoms with Gasteiger partial charge in [-0.15, -0.1) is 0 Å². The second kappa shape index (κ2) is 2.92. The van der Waals surface area contributed by atoms with Gasteiger partial charge in [-0.3, -0.25) is 0 Å². The number of hydrogen-bond acceptors (Lipinski definition) is 1. The summed E-state index contributed by atoms with van der Waals surface area (Å²) in [5.74, 6) is 0. The van der Waals surface area contributed by atoms with Gasteiger partial charge in [0.25, 0.3) is 0 Å². The topological polar surface area (TPSA) is 3.24 Å². The third-order valence-electron chi connectivity index (χ3n) is 1.42. The van der Waals surface area contributed by atoms with Gasteiger partial charge in [-0.1, -0.05) is 0 Å². The van der Waals surface area contributed by atoms with Crippen LogP contribution < -0.4 is 0 Å². The Morgan fingerprint density at radius 3 is 2.14 bits per heavy atom. The van der Waals surface area contributed by atoms with E-state index in [0.717, 1.165) is 0 Å². The molecule has 0 bridgehead atoms. The van der Waals surface area contributed by atoms with Crippen LogP contribution in [0.4, 0.5) is 0 Å². The Balaban J connectivity index is 2.14. The van der Waals surface area contributed by atoms with Gasteiger partial charge < -0.3 is 0 Å². The minimum absolute atomic E-state index is 1.34. The number of rotatable bonds is 1. The summed E-state index contributed by atoms with van der Waals surface area (Å²) >= 11 is 1.66. The first kappa shape index (κ1) is 5.89. The van der Waals surface area contributed by atoms with E-state index in [-0.39, 0.29) is 0 Å². The average molecular weight is 203 g/mol. The SMILES string of the molecule is [Sn][CH2]N1CCCC1. The molecule has 1 fully saturated rings. The van der Waals surface area contributed by atoms with E-state index in [1.54, 1.807) is 22.5 Å². The number of likely N-dealkylation sites (tertiary alicyclic amines) is 1. The van der Waals surface area contributed by atoms with Gasteiger partial charge in [0.2, 0.25) is 0 Å². The van der Waals surface area contributed by atoms with Crippen molar-refractivity contribution in [3.8, 4) is 0 Å².